The molecule has 29 heavy (non-hydrogen) atoms. The number of nitrogens with zero attached hydrogens (tertiary/aromatic N) is 1. The summed E-state index contributed by atoms with van der Waals surface area (Å²) in [4.78, 5) is 2.57. The van der Waals surface area contributed by atoms with Gasteiger partial charge in [0.25, 0.3) is 0 Å². The van der Waals surface area contributed by atoms with Crippen molar-refractivity contribution in [3.8, 4) is 0 Å². The van der Waals surface area contributed by atoms with Crippen molar-refractivity contribution in [3.05, 3.63) is 59.7 Å². The zero-order chi connectivity index (χ0) is 20.6. The monoisotopic (exact) mass is 414 g/mol. The Kier molecular flexibility index (Phi) is 5.44. The minimum absolute atomic E-state index is 0.177. The quantitative estimate of drug-likeness (QED) is 0.785. The highest BCUT2D eigenvalue weighted by Gasteiger charge is 2.57. The van der Waals surface area contributed by atoms with E-state index in [1.165, 1.54) is 16.8 Å². The van der Waals surface area contributed by atoms with Crippen LogP contribution in [0.5, 0.6) is 0 Å². The fraction of sp³-hybridized carbons (Fsp3) is 0.478. The third-order valence-electron chi connectivity index (χ3n) is 6.65. The first-order chi connectivity index (χ1) is 13.8. The van der Waals surface area contributed by atoms with Crippen LogP contribution in [-0.2, 0) is 21.2 Å². The molecule has 2 N–H and O–H groups in total. The number of aryl methyl sites for hydroxylation is 1. The molecule has 0 radical (unpaired) electrons. The molecule has 0 bridgehead atoms. The summed E-state index contributed by atoms with van der Waals surface area (Å²) in [5.41, 5.74) is 4.09. The Balaban J connectivity index is 1.41. The third kappa shape index (κ3) is 4.34. The maximum atomic E-state index is 11.5. The van der Waals surface area contributed by atoms with Gasteiger partial charge in [0.15, 0.2) is 0 Å². The highest BCUT2D eigenvalue weighted by Crippen LogP contribution is 2.66. The van der Waals surface area contributed by atoms with Crippen LogP contribution in [0, 0.1) is 11.3 Å². The van der Waals surface area contributed by atoms with Crippen LogP contribution in [0.15, 0.2) is 53.4 Å². The Hall–Kier alpha value is -1.89. The molecule has 0 amide bonds. The second-order valence-corrected chi connectivity index (χ2v) is 10.4. The molecule has 1 saturated heterocycles. The van der Waals surface area contributed by atoms with Gasteiger partial charge in [-0.3, -0.25) is 0 Å². The lowest BCUT2D eigenvalue weighted by Crippen LogP contribution is -2.36. The number of hydrogen-bond donors (Lipinski definition) is 1. The number of hydrogen-bond acceptors (Lipinski definition) is 4. The van der Waals surface area contributed by atoms with Gasteiger partial charge in [0.2, 0.25) is 10.0 Å². The van der Waals surface area contributed by atoms with Crippen LogP contribution in [0.25, 0.3) is 0 Å². The number of primary sulfonamides is 1. The highest BCUT2D eigenvalue weighted by atomic mass is 32.2. The molecule has 4 rings (SSSR count). The topological polar surface area (TPSA) is 72.6 Å². The molecule has 1 aliphatic carbocycles. The zero-order valence-electron chi connectivity index (χ0n) is 17.2. The average molecular weight is 415 g/mol. The molecule has 5 nitrogen and oxygen atoms in total. The van der Waals surface area contributed by atoms with Crippen molar-refractivity contribution in [2.45, 2.75) is 37.5 Å². The normalized spacial score (nSPS) is 23.8. The SMILES string of the molecule is CC1(C)[C@H](CCc2cccc(N3CCOCC3)c2)[C@H]1c1ccc(S(N)(=O)=O)cc1. The molecule has 1 aliphatic heterocycles. The van der Waals surface area contributed by atoms with E-state index in [9.17, 15) is 8.42 Å². The van der Waals surface area contributed by atoms with Crippen LogP contribution in [-0.4, -0.2) is 34.7 Å². The lowest BCUT2D eigenvalue weighted by molar-refractivity contribution is 0.122. The zero-order valence-corrected chi connectivity index (χ0v) is 18.0. The molecule has 0 spiro atoms. The summed E-state index contributed by atoms with van der Waals surface area (Å²) < 4.78 is 28.4. The summed E-state index contributed by atoms with van der Waals surface area (Å²) in [5, 5.41) is 5.22. The van der Waals surface area contributed by atoms with E-state index in [4.69, 9.17) is 9.88 Å². The lowest BCUT2D eigenvalue weighted by atomic mass is 10.0. The summed E-state index contributed by atoms with van der Waals surface area (Å²) in [7, 11) is -3.64. The molecule has 6 heteroatoms. The number of rotatable bonds is 6. The van der Waals surface area contributed by atoms with E-state index in [0.717, 1.165) is 39.1 Å². The van der Waals surface area contributed by atoms with Crippen molar-refractivity contribution in [1.29, 1.82) is 0 Å². The fourth-order valence-corrected chi connectivity index (χ4v) is 5.38. The standard InChI is InChI=1S/C23H30N2O3S/c1-23(2)21(22(23)18-7-9-20(10-8-18)29(24,26)27)11-6-17-4-3-5-19(16-17)25-12-14-28-15-13-25/h3-5,7-10,16,21-22H,6,11-15H2,1-2H3,(H2,24,26,27)/t21-,22-/m1/s1. The van der Waals surface area contributed by atoms with E-state index >= 15 is 0 Å². The summed E-state index contributed by atoms with van der Waals surface area (Å²) >= 11 is 0. The maximum absolute atomic E-state index is 11.5. The molecule has 2 aromatic rings. The number of benzene rings is 2. The van der Waals surface area contributed by atoms with E-state index in [-0.39, 0.29) is 10.3 Å². The first-order valence-corrected chi connectivity index (χ1v) is 11.9. The molecule has 156 valence electrons. The van der Waals surface area contributed by atoms with Gasteiger partial charge in [-0.2, -0.15) is 0 Å². The molecule has 0 unspecified atom stereocenters. The third-order valence-corrected chi connectivity index (χ3v) is 7.58. The molecule has 1 saturated carbocycles. The summed E-state index contributed by atoms with van der Waals surface area (Å²) in [6.07, 6.45) is 2.18. The highest BCUT2D eigenvalue weighted by molar-refractivity contribution is 7.89. The summed E-state index contributed by atoms with van der Waals surface area (Å²) in [6, 6.07) is 16.0. The second kappa shape index (κ2) is 7.74. The Labute approximate surface area is 173 Å². The van der Waals surface area contributed by atoms with E-state index < -0.39 is 10.0 Å². The maximum Gasteiger partial charge on any atom is 0.238 e. The average Bonchev–Trinajstić information content (AvgIpc) is 3.27. The Morgan fingerprint density at radius 2 is 1.79 bits per heavy atom. The van der Waals surface area contributed by atoms with Gasteiger partial charge >= 0.3 is 0 Å². The molecule has 2 aliphatic rings. The predicted octanol–water partition coefficient (Wildman–Crippen LogP) is 3.54. The van der Waals surface area contributed by atoms with E-state index in [2.05, 4.69) is 43.0 Å². The van der Waals surface area contributed by atoms with Gasteiger partial charge in [0.1, 0.15) is 0 Å². The van der Waals surface area contributed by atoms with Gasteiger partial charge in [-0.1, -0.05) is 38.1 Å². The number of ether oxygens (including phenoxy) is 1. The van der Waals surface area contributed by atoms with Crippen molar-refractivity contribution in [2.75, 3.05) is 31.2 Å². The van der Waals surface area contributed by atoms with Gasteiger partial charge < -0.3 is 9.64 Å². The number of nitrogens with two attached hydrogens (primary N) is 1. The van der Waals surface area contributed by atoms with Crippen LogP contribution in [0.1, 0.15) is 37.3 Å². The summed E-state index contributed by atoms with van der Waals surface area (Å²) in [5.74, 6) is 1.05. The van der Waals surface area contributed by atoms with Crippen LogP contribution in [0.2, 0.25) is 0 Å². The molecular formula is C23H30N2O3S. The fourth-order valence-electron chi connectivity index (χ4n) is 4.86. The minimum Gasteiger partial charge on any atom is -0.378 e. The minimum atomic E-state index is -3.64. The van der Waals surface area contributed by atoms with Crippen molar-refractivity contribution < 1.29 is 13.2 Å². The molecule has 0 aromatic heterocycles. The van der Waals surface area contributed by atoms with Crippen LogP contribution < -0.4 is 10.0 Å². The van der Waals surface area contributed by atoms with Gasteiger partial charge in [0.05, 0.1) is 18.1 Å². The first-order valence-electron chi connectivity index (χ1n) is 10.3. The van der Waals surface area contributed by atoms with Gasteiger partial charge in [-0.25, -0.2) is 13.6 Å². The van der Waals surface area contributed by atoms with Gasteiger partial charge in [-0.15, -0.1) is 0 Å². The number of anilines is 1. The smallest absolute Gasteiger partial charge is 0.238 e. The molecule has 2 fully saturated rings. The van der Waals surface area contributed by atoms with Crippen molar-refractivity contribution in [1.82, 2.24) is 0 Å². The Bertz CT molecular complexity index is 964. The largest absolute Gasteiger partial charge is 0.378 e. The number of morpholine rings is 1. The molecule has 1 heterocycles. The van der Waals surface area contributed by atoms with Crippen LogP contribution in [0.4, 0.5) is 5.69 Å². The first kappa shape index (κ1) is 20.4. The lowest BCUT2D eigenvalue weighted by Gasteiger charge is -2.29. The van der Waals surface area contributed by atoms with Crippen molar-refractivity contribution >= 4 is 15.7 Å². The molecule has 2 aromatic carbocycles. The van der Waals surface area contributed by atoms with Crippen molar-refractivity contribution in [3.63, 3.8) is 0 Å². The predicted molar refractivity (Wildman–Crippen MR) is 116 cm³/mol. The van der Waals surface area contributed by atoms with Crippen LogP contribution >= 0.6 is 0 Å². The number of sulfonamides is 1. The van der Waals surface area contributed by atoms with E-state index in [1.54, 1.807) is 12.1 Å². The van der Waals surface area contributed by atoms with E-state index in [1.807, 2.05) is 12.1 Å². The molecular weight excluding hydrogens is 384 g/mol. The van der Waals surface area contributed by atoms with Crippen molar-refractivity contribution in [2.24, 2.45) is 16.5 Å². The van der Waals surface area contributed by atoms with Gasteiger partial charge in [0, 0.05) is 18.8 Å². The molecule has 2 atom stereocenters. The second-order valence-electron chi connectivity index (χ2n) is 8.83. The van der Waals surface area contributed by atoms with Crippen LogP contribution in [0.3, 0.4) is 0 Å². The summed E-state index contributed by atoms with van der Waals surface area (Å²) in [6.45, 7) is 8.12. The Morgan fingerprint density at radius 1 is 1.10 bits per heavy atom. The van der Waals surface area contributed by atoms with E-state index in [0.29, 0.717) is 11.8 Å². The van der Waals surface area contributed by atoms with Gasteiger partial charge in [-0.05, 0) is 65.5 Å². The Morgan fingerprint density at radius 3 is 2.45 bits per heavy atom.